The first-order valence-electron chi connectivity index (χ1n) is 35.4. The van der Waals surface area contributed by atoms with E-state index < -0.39 is 13.1 Å². The first kappa shape index (κ1) is 93.0. The summed E-state index contributed by atoms with van der Waals surface area (Å²) < 4.78 is 15.7. The third-order valence-electron chi connectivity index (χ3n) is 15.8. The molecule has 1 saturated heterocycles. The summed E-state index contributed by atoms with van der Waals surface area (Å²) in [5.74, 6) is -0.888. The smallest absolute Gasteiger partial charge is 0.478 e. The zero-order chi connectivity index (χ0) is 85.8. The van der Waals surface area contributed by atoms with Gasteiger partial charge in [-0.2, -0.15) is 15.6 Å². The number of thiazole rings is 4. The van der Waals surface area contributed by atoms with Gasteiger partial charge in [0.25, 0.3) is 17.7 Å². The van der Waals surface area contributed by atoms with Gasteiger partial charge in [-0.3, -0.25) is 29.0 Å². The fourth-order valence-corrected chi connectivity index (χ4v) is 13.0. The molecule has 0 radical (unpaired) electrons. The predicted molar refractivity (Wildman–Crippen MR) is 472 cm³/mol. The van der Waals surface area contributed by atoms with Crippen molar-refractivity contribution in [2.24, 2.45) is 0 Å². The molecule has 1 aliphatic heterocycles. The van der Waals surface area contributed by atoms with Crippen molar-refractivity contribution in [3.8, 4) is 23.5 Å². The standard InChI is InChI=1S/C23H21N7O2S.C14H16BN3O2.C14H16ClN5O2S.C12H14ClN5OS.C9H11ClN2O2.C3H5N3S.CH4/c1-13(2)26-18-9-19(20-5-4-16-8-15(10-24)6-7-30(16)20)25-11-17(18)22(32)28-21-12-33-23(29-21)27-14(3)31;1-13(2)14(3,4)20-15(19-13)12-6-5-11-7-10(8-16)9-17-18(11)12;1-7(2)17-10-4-11(15)16-5-9(10)13(22)19-12-6-23-14(20-12)18-8(3)21;1-6(2)16-8-3-9(13)15-4-7(8)11(19)17-10-5-20-12(14)18-10;1-5(2)12-7-3-8(10)11-4-6(7)9(13)14;4-2-1-7-3(5)6-2;/h4-9,11-13H,1-3H3,(H,25,26)(H,28,32)(H,27,29,31);5-7,9H,1-4H3;4-7H,1-3H3,(H,16,17)(H,19,22)(H,18,20,21);3-6H,1-2H3,(H2,14,18)(H,15,16)(H,17,19);3-5H,1-2H3,(H,11,12)(H,13,14);1H,4H2,(H2,5,6);1H4. The van der Waals surface area contributed by atoms with Crippen molar-refractivity contribution in [1.29, 1.82) is 10.5 Å². The van der Waals surface area contributed by atoms with Crippen LogP contribution in [-0.2, 0) is 18.9 Å². The van der Waals surface area contributed by atoms with Crippen molar-refractivity contribution in [3.05, 3.63) is 174 Å². The summed E-state index contributed by atoms with van der Waals surface area (Å²) in [6, 6.07) is 24.3. The van der Waals surface area contributed by atoms with Crippen LogP contribution in [0.4, 0.5) is 66.5 Å². The third kappa shape index (κ3) is 26.7. The highest BCUT2D eigenvalue weighted by Crippen LogP contribution is 2.37. The minimum Gasteiger partial charge on any atom is -0.478 e. The van der Waals surface area contributed by atoms with Crippen molar-refractivity contribution in [3.63, 3.8) is 0 Å². The number of anilines is 12. The van der Waals surface area contributed by atoms with Crippen molar-refractivity contribution in [2.45, 2.75) is 140 Å². The number of aromatic carboxylic acids is 1. The maximum absolute atomic E-state index is 13.0. The number of carbonyl (C=O) groups excluding carboxylic acids is 5. The van der Waals surface area contributed by atoms with E-state index in [1.165, 1.54) is 90.0 Å². The normalized spacial score (nSPS) is 12.0. The van der Waals surface area contributed by atoms with E-state index in [9.17, 15) is 28.8 Å². The maximum Gasteiger partial charge on any atom is 0.514 e. The molecule has 13 heterocycles. The highest BCUT2D eigenvalue weighted by atomic mass is 35.5. The Morgan fingerprint density at radius 1 is 0.508 bits per heavy atom. The molecule has 0 aromatic carbocycles. The molecule has 12 aromatic rings. The van der Waals surface area contributed by atoms with E-state index in [1.54, 1.807) is 56.5 Å². The molecule has 0 spiro atoms. The number of halogens is 3. The van der Waals surface area contributed by atoms with Gasteiger partial charge in [0, 0.05) is 96.0 Å². The predicted octanol–water partition coefficient (Wildman–Crippen LogP) is 15.1. The van der Waals surface area contributed by atoms with E-state index in [2.05, 4.69) is 105 Å². The van der Waals surface area contributed by atoms with Crippen molar-refractivity contribution in [2.75, 3.05) is 65.1 Å². The van der Waals surface area contributed by atoms with Crippen molar-refractivity contribution < 1.29 is 43.2 Å². The molecule has 34 nitrogen and oxygen atoms in total. The Kier molecular flexibility index (Phi) is 33.2. The van der Waals surface area contributed by atoms with Gasteiger partial charge in [0.05, 0.1) is 96.5 Å². The molecule has 16 N–H and O–H groups in total. The molecule has 0 atom stereocenters. The number of amides is 5. The Morgan fingerprint density at radius 2 is 0.915 bits per heavy atom. The van der Waals surface area contributed by atoms with Gasteiger partial charge >= 0.3 is 13.1 Å². The van der Waals surface area contributed by atoms with Crippen molar-refractivity contribution in [1.82, 2.24) is 53.9 Å². The lowest BCUT2D eigenvalue weighted by molar-refractivity contribution is -0.115. The lowest BCUT2D eigenvalue weighted by Crippen LogP contribution is -2.41. The van der Waals surface area contributed by atoms with Gasteiger partial charge in [0.15, 0.2) is 20.5 Å². The number of nitrogen functional groups attached to an aromatic ring is 3. The summed E-state index contributed by atoms with van der Waals surface area (Å²) >= 11 is 22.5. The van der Waals surface area contributed by atoms with E-state index in [4.69, 9.17) is 76.9 Å². The zero-order valence-corrected chi connectivity index (χ0v) is 71.1. The lowest BCUT2D eigenvalue weighted by atomic mass is 9.85. The summed E-state index contributed by atoms with van der Waals surface area (Å²) in [7, 11) is -0.456. The van der Waals surface area contributed by atoms with Gasteiger partial charge in [-0.15, -0.1) is 45.3 Å². The average Bonchev–Trinajstić information content (AvgIpc) is 1.59. The molecule has 0 bridgehead atoms. The number of nitrogens with two attached hydrogens (primary N) is 3. The molecule has 42 heteroatoms. The van der Waals surface area contributed by atoms with E-state index in [-0.39, 0.29) is 83.0 Å². The van der Waals surface area contributed by atoms with Gasteiger partial charge < -0.3 is 83.9 Å². The van der Waals surface area contributed by atoms with E-state index >= 15 is 0 Å². The number of carbonyl (C=O) groups is 6. The zero-order valence-electron chi connectivity index (χ0n) is 65.5. The second-order valence-electron chi connectivity index (χ2n) is 27.3. The third-order valence-corrected chi connectivity index (χ3v) is 19.3. The van der Waals surface area contributed by atoms with Crippen LogP contribution in [0.1, 0.15) is 157 Å². The summed E-state index contributed by atoms with van der Waals surface area (Å²) in [5.41, 5.74) is 24.0. The Hall–Kier alpha value is -12.2. The van der Waals surface area contributed by atoms with Crippen LogP contribution in [0.2, 0.25) is 15.5 Å². The largest absolute Gasteiger partial charge is 0.514 e. The Bertz CT molecular complexity index is 5600. The molecule has 5 amide bonds. The van der Waals surface area contributed by atoms with Crippen LogP contribution in [0.3, 0.4) is 0 Å². The second kappa shape index (κ2) is 42.1. The Morgan fingerprint density at radius 3 is 1.32 bits per heavy atom. The topological polar surface area (TPSA) is 500 Å². The quantitative estimate of drug-likeness (QED) is 0.0264. The number of nitrogens with one attached hydrogen (secondary N) is 9. The van der Waals surface area contributed by atoms with Gasteiger partial charge in [-0.1, -0.05) is 42.2 Å². The molecule has 13 rings (SSSR count). The summed E-state index contributed by atoms with van der Waals surface area (Å²) in [6.45, 7) is 26.5. The van der Waals surface area contributed by atoms with Crippen LogP contribution in [0.25, 0.3) is 22.4 Å². The summed E-state index contributed by atoms with van der Waals surface area (Å²) in [4.78, 5) is 103. The second-order valence-corrected chi connectivity index (χ2v) is 32.0. The van der Waals surface area contributed by atoms with Gasteiger partial charge in [-0.05, 0) is 150 Å². The molecule has 12 aromatic heterocycles. The number of nitrogens with zero attached hydrogens (tertiary/aromatic N) is 13. The molecule has 1 aliphatic rings. The number of hydrogen-bond donors (Lipinski definition) is 13. The molecular weight excluding hydrogens is 1650 g/mol. The van der Waals surface area contributed by atoms with Gasteiger partial charge in [0.2, 0.25) is 11.8 Å². The number of hydrogen-bond acceptors (Lipinski definition) is 30. The monoisotopic (exact) mass is 1740 g/mol. The van der Waals surface area contributed by atoms with Crippen LogP contribution >= 0.6 is 80.1 Å². The number of rotatable bonds is 19. The van der Waals surface area contributed by atoms with Crippen LogP contribution < -0.4 is 70.6 Å². The molecule has 618 valence electrons. The minimum atomic E-state index is -1.02. The number of fused-ring (bicyclic) bond motifs is 2. The molecule has 118 heavy (non-hydrogen) atoms. The lowest BCUT2D eigenvalue weighted by Gasteiger charge is -2.32. The first-order valence-corrected chi connectivity index (χ1v) is 40.0. The van der Waals surface area contributed by atoms with Crippen LogP contribution in [0.15, 0.2) is 125 Å². The van der Waals surface area contributed by atoms with E-state index in [1.807, 2.05) is 130 Å². The maximum atomic E-state index is 13.0. The summed E-state index contributed by atoms with van der Waals surface area (Å²) in [5, 5.41) is 66.3. The highest BCUT2D eigenvalue weighted by molar-refractivity contribution is 7.15. The fourth-order valence-electron chi connectivity index (χ4n) is 10.2. The molecular formula is C76H87BCl3N25O9S4. The average molecular weight is 1740 g/mol. The molecule has 0 unspecified atom stereocenters. The summed E-state index contributed by atoms with van der Waals surface area (Å²) in [6.07, 6.45) is 8.98. The SMILES string of the molecule is C.CC(=O)Nc1nc(NC(=O)c2cnc(-c3ccc4cc(C#N)ccn34)cc2NC(C)C)cs1.CC(=O)Nc1nc(NC(=O)c2cnc(Cl)cc2NC(C)C)cs1.CC(C)Nc1cc(Cl)ncc1C(=O)Nc1csc(N)n1.CC(C)Nc1cc(Cl)ncc1C(=O)O.CC1(C)OB(c2ccc3cc(C#N)cnn23)OC1(C)C.Nc1csc(N)n1. The highest BCUT2D eigenvalue weighted by Gasteiger charge is 2.53. The van der Waals surface area contributed by atoms with E-state index in [0.717, 1.165) is 22.3 Å². The van der Waals surface area contributed by atoms with Crippen molar-refractivity contribution >= 4 is 206 Å². The number of carboxylic acids is 1. The van der Waals surface area contributed by atoms with Crippen LogP contribution in [0, 0.1) is 22.7 Å². The minimum absolute atomic E-state index is 0. The number of nitriles is 2. The van der Waals surface area contributed by atoms with Gasteiger partial charge in [-0.25, -0.2) is 44.2 Å². The van der Waals surface area contributed by atoms with Crippen LogP contribution in [0.5, 0.6) is 0 Å². The number of carboxylic acid groups (broad SMARTS) is 1. The molecule has 0 saturated carbocycles. The van der Waals surface area contributed by atoms with Gasteiger partial charge in [0.1, 0.15) is 50.4 Å². The fraction of sp³-hybridized carbons (Fsp3) is 0.276. The van der Waals surface area contributed by atoms with E-state index in [0.29, 0.717) is 110 Å². The van der Waals surface area contributed by atoms with Crippen LogP contribution in [-0.4, -0.2) is 137 Å². The number of aromatic nitrogens is 11. The Labute approximate surface area is 711 Å². The Balaban J connectivity index is 0.000000203. The first-order chi connectivity index (χ1) is 55.3. The number of pyridine rings is 5. The molecule has 1 fully saturated rings. The molecule has 0 aliphatic carbocycles.